The lowest BCUT2D eigenvalue weighted by atomic mass is 10.0. The minimum Gasteiger partial charge on any atom is -0.481 e. The third kappa shape index (κ3) is 4.72. The third-order valence-corrected chi connectivity index (χ3v) is 5.20. The Bertz CT molecular complexity index is 396. The molecule has 7 nitrogen and oxygen atoms in total. The van der Waals surface area contributed by atoms with Gasteiger partial charge in [0.2, 0.25) is 0 Å². The number of hydrogen-bond donors (Lipinski definition) is 1. The van der Waals surface area contributed by atoms with Gasteiger partial charge in [0, 0.05) is 33.8 Å². The van der Waals surface area contributed by atoms with Crippen LogP contribution in [0.5, 0.6) is 0 Å². The van der Waals surface area contributed by atoms with Gasteiger partial charge < -0.3 is 9.84 Å². The fraction of sp³-hybridized carbons (Fsp3) is 0.909. The van der Waals surface area contributed by atoms with Gasteiger partial charge in [-0.05, 0) is 18.8 Å². The minimum atomic E-state index is -3.56. The molecule has 0 saturated carbocycles. The smallest absolute Gasteiger partial charge is 0.304 e. The average Bonchev–Trinajstić information content (AvgIpc) is 2.36. The SMILES string of the molecule is COCC1CCCN(S(=O)(=O)N(C)CCC(=O)O)C1. The lowest BCUT2D eigenvalue weighted by molar-refractivity contribution is -0.137. The highest BCUT2D eigenvalue weighted by atomic mass is 32.2. The number of aliphatic carboxylic acids is 1. The van der Waals surface area contributed by atoms with Gasteiger partial charge in [-0.1, -0.05) is 0 Å². The van der Waals surface area contributed by atoms with E-state index in [0.717, 1.165) is 17.1 Å². The van der Waals surface area contributed by atoms with Gasteiger partial charge in [0.15, 0.2) is 0 Å². The van der Waals surface area contributed by atoms with E-state index in [1.165, 1.54) is 11.4 Å². The molecular formula is C11H22N2O5S. The number of ether oxygens (including phenoxy) is 1. The first-order valence-electron chi connectivity index (χ1n) is 6.30. The first kappa shape index (κ1) is 16.4. The van der Waals surface area contributed by atoms with Crippen LogP contribution in [0.3, 0.4) is 0 Å². The van der Waals surface area contributed by atoms with Crippen LogP contribution in [0.4, 0.5) is 0 Å². The van der Waals surface area contributed by atoms with E-state index in [0.29, 0.717) is 19.7 Å². The first-order chi connectivity index (χ1) is 8.87. The Kier molecular flexibility index (Phi) is 6.18. The summed E-state index contributed by atoms with van der Waals surface area (Å²) in [7, 11) is -0.543. The molecule has 0 spiro atoms. The maximum Gasteiger partial charge on any atom is 0.304 e. The molecule has 1 aliphatic heterocycles. The van der Waals surface area contributed by atoms with Gasteiger partial charge in [0.05, 0.1) is 13.0 Å². The van der Waals surface area contributed by atoms with Crippen molar-refractivity contribution < 1.29 is 23.1 Å². The molecule has 0 aromatic carbocycles. The van der Waals surface area contributed by atoms with E-state index in [4.69, 9.17) is 9.84 Å². The molecule has 0 radical (unpaired) electrons. The summed E-state index contributed by atoms with van der Waals surface area (Å²) in [5.41, 5.74) is 0. The molecule has 1 rings (SSSR count). The Balaban J connectivity index is 2.62. The fourth-order valence-corrected chi connectivity index (χ4v) is 3.65. The molecule has 1 saturated heterocycles. The van der Waals surface area contributed by atoms with Crippen LogP contribution in [0.1, 0.15) is 19.3 Å². The van der Waals surface area contributed by atoms with Crippen LogP contribution in [0, 0.1) is 5.92 Å². The highest BCUT2D eigenvalue weighted by molar-refractivity contribution is 7.86. The second-order valence-corrected chi connectivity index (χ2v) is 6.83. The maximum atomic E-state index is 12.3. The van der Waals surface area contributed by atoms with Crippen LogP contribution in [0.15, 0.2) is 0 Å². The Morgan fingerprint density at radius 3 is 2.79 bits per heavy atom. The Labute approximate surface area is 114 Å². The predicted molar refractivity (Wildman–Crippen MR) is 70.0 cm³/mol. The first-order valence-corrected chi connectivity index (χ1v) is 7.69. The van der Waals surface area contributed by atoms with Crippen molar-refractivity contribution in [3.63, 3.8) is 0 Å². The number of nitrogens with zero attached hydrogens (tertiary/aromatic N) is 2. The zero-order valence-corrected chi connectivity index (χ0v) is 12.2. The van der Waals surface area contributed by atoms with Crippen LogP contribution in [0.2, 0.25) is 0 Å². The molecule has 1 N–H and O–H groups in total. The lowest BCUT2D eigenvalue weighted by Crippen LogP contribution is -2.47. The number of methoxy groups -OCH3 is 1. The van der Waals surface area contributed by atoms with Crippen molar-refractivity contribution in [1.29, 1.82) is 0 Å². The van der Waals surface area contributed by atoms with Crippen molar-refractivity contribution in [3.8, 4) is 0 Å². The molecule has 0 aromatic heterocycles. The van der Waals surface area contributed by atoms with Crippen molar-refractivity contribution in [1.82, 2.24) is 8.61 Å². The number of carboxylic acid groups (broad SMARTS) is 1. The van der Waals surface area contributed by atoms with E-state index in [2.05, 4.69) is 0 Å². The number of carbonyl (C=O) groups is 1. The Hall–Kier alpha value is -0.700. The number of rotatable bonds is 7. The molecule has 1 heterocycles. The summed E-state index contributed by atoms with van der Waals surface area (Å²) in [6, 6.07) is 0. The molecular weight excluding hydrogens is 272 g/mol. The maximum absolute atomic E-state index is 12.3. The van der Waals surface area contributed by atoms with Crippen molar-refractivity contribution >= 4 is 16.2 Å². The predicted octanol–water partition coefficient (Wildman–Crippen LogP) is -0.00390. The highest BCUT2D eigenvalue weighted by Gasteiger charge is 2.31. The second kappa shape index (κ2) is 7.18. The zero-order valence-electron chi connectivity index (χ0n) is 11.4. The summed E-state index contributed by atoms with van der Waals surface area (Å²) in [6.07, 6.45) is 1.57. The van der Waals surface area contributed by atoms with Gasteiger partial charge in [0.1, 0.15) is 0 Å². The van der Waals surface area contributed by atoms with Gasteiger partial charge in [-0.25, -0.2) is 0 Å². The largest absolute Gasteiger partial charge is 0.481 e. The molecule has 0 aromatic rings. The molecule has 19 heavy (non-hydrogen) atoms. The monoisotopic (exact) mass is 294 g/mol. The van der Waals surface area contributed by atoms with Gasteiger partial charge in [0.25, 0.3) is 10.2 Å². The van der Waals surface area contributed by atoms with Crippen LogP contribution in [0.25, 0.3) is 0 Å². The highest BCUT2D eigenvalue weighted by Crippen LogP contribution is 2.20. The molecule has 1 atom stereocenters. The Morgan fingerprint density at radius 2 is 2.21 bits per heavy atom. The Morgan fingerprint density at radius 1 is 1.53 bits per heavy atom. The number of hydrogen-bond acceptors (Lipinski definition) is 4. The van der Waals surface area contributed by atoms with Gasteiger partial charge >= 0.3 is 5.97 Å². The molecule has 0 bridgehead atoms. The average molecular weight is 294 g/mol. The van der Waals surface area contributed by atoms with E-state index in [1.54, 1.807) is 7.11 Å². The summed E-state index contributed by atoms with van der Waals surface area (Å²) >= 11 is 0. The van der Waals surface area contributed by atoms with E-state index in [9.17, 15) is 13.2 Å². The van der Waals surface area contributed by atoms with E-state index < -0.39 is 16.2 Å². The number of carboxylic acids is 1. The van der Waals surface area contributed by atoms with Crippen molar-refractivity contribution in [2.45, 2.75) is 19.3 Å². The van der Waals surface area contributed by atoms with E-state index >= 15 is 0 Å². The minimum absolute atomic E-state index is 0.0108. The van der Waals surface area contributed by atoms with Gasteiger partial charge in [-0.2, -0.15) is 17.0 Å². The van der Waals surface area contributed by atoms with Crippen molar-refractivity contribution in [2.24, 2.45) is 5.92 Å². The molecule has 0 amide bonds. The zero-order chi connectivity index (χ0) is 14.5. The quantitative estimate of drug-likeness (QED) is 0.714. The molecule has 8 heteroatoms. The van der Waals surface area contributed by atoms with Crippen LogP contribution in [-0.2, 0) is 19.7 Å². The van der Waals surface area contributed by atoms with Crippen molar-refractivity contribution in [2.75, 3.05) is 40.4 Å². The normalized spacial score (nSPS) is 21.7. The molecule has 112 valence electrons. The number of piperidine rings is 1. The van der Waals surface area contributed by atoms with E-state index in [-0.39, 0.29) is 18.9 Å². The van der Waals surface area contributed by atoms with Gasteiger partial charge in [-0.15, -0.1) is 0 Å². The molecule has 1 aliphatic rings. The summed E-state index contributed by atoms with van der Waals surface area (Å²) in [5.74, 6) is -0.792. The fourth-order valence-electron chi connectivity index (χ4n) is 2.17. The summed E-state index contributed by atoms with van der Waals surface area (Å²) in [4.78, 5) is 10.5. The van der Waals surface area contributed by atoms with E-state index in [1.807, 2.05) is 0 Å². The lowest BCUT2D eigenvalue weighted by Gasteiger charge is -2.34. The summed E-state index contributed by atoms with van der Waals surface area (Å²) < 4.78 is 32.1. The molecule has 1 unspecified atom stereocenters. The second-order valence-electron chi connectivity index (χ2n) is 4.79. The van der Waals surface area contributed by atoms with Gasteiger partial charge in [-0.3, -0.25) is 4.79 Å². The van der Waals surface area contributed by atoms with Crippen LogP contribution >= 0.6 is 0 Å². The van der Waals surface area contributed by atoms with Crippen LogP contribution < -0.4 is 0 Å². The van der Waals surface area contributed by atoms with Crippen LogP contribution in [-0.4, -0.2) is 68.5 Å². The summed E-state index contributed by atoms with van der Waals surface area (Å²) in [6.45, 7) is 1.46. The van der Waals surface area contributed by atoms with Crippen molar-refractivity contribution in [3.05, 3.63) is 0 Å². The molecule has 0 aliphatic carbocycles. The summed E-state index contributed by atoms with van der Waals surface area (Å²) in [5, 5.41) is 8.60. The molecule has 1 fully saturated rings. The standard InChI is InChI=1S/C11H22N2O5S/c1-12(7-5-11(14)15)19(16,17)13-6-3-4-10(8-13)9-18-2/h10H,3-9H2,1-2H3,(H,14,15). The topological polar surface area (TPSA) is 87.2 Å². The third-order valence-electron chi connectivity index (χ3n) is 3.24.